The van der Waals surface area contributed by atoms with E-state index in [2.05, 4.69) is 31.9 Å². The first-order chi connectivity index (χ1) is 9.10. The third-order valence-corrected chi connectivity index (χ3v) is 4.41. The molecule has 0 bridgehead atoms. The largest absolute Gasteiger partial charge is 0.497 e. The highest BCUT2D eigenvalue weighted by Crippen LogP contribution is 2.34. The van der Waals surface area contributed by atoms with Crippen LogP contribution >= 0.6 is 31.9 Å². The third-order valence-electron chi connectivity index (χ3n) is 2.87. The second-order valence-electron chi connectivity index (χ2n) is 4.19. The number of ether oxygens (including phenoxy) is 1. The Morgan fingerprint density at radius 2 is 1.84 bits per heavy atom. The van der Waals surface area contributed by atoms with E-state index in [1.165, 1.54) is 12.1 Å². The second-order valence-corrected chi connectivity index (χ2v) is 6.15. The number of benzene rings is 2. The van der Waals surface area contributed by atoms with Crippen molar-refractivity contribution < 1.29 is 9.13 Å². The molecule has 0 spiro atoms. The van der Waals surface area contributed by atoms with Gasteiger partial charge in [0.25, 0.3) is 0 Å². The van der Waals surface area contributed by atoms with Crippen LogP contribution in [0.1, 0.15) is 16.0 Å². The van der Waals surface area contributed by atoms with E-state index in [4.69, 9.17) is 4.74 Å². The van der Waals surface area contributed by atoms with Gasteiger partial charge in [-0.05, 0) is 47.9 Å². The predicted octanol–water partition coefficient (Wildman–Crippen LogP) is 5.28. The molecule has 0 radical (unpaired) electrons. The molecule has 0 saturated heterocycles. The van der Waals surface area contributed by atoms with Gasteiger partial charge < -0.3 is 4.74 Å². The molecule has 0 aromatic heterocycles. The zero-order valence-electron chi connectivity index (χ0n) is 10.4. The van der Waals surface area contributed by atoms with E-state index >= 15 is 0 Å². The first-order valence-electron chi connectivity index (χ1n) is 5.82. The van der Waals surface area contributed by atoms with Crippen LogP contribution in [-0.4, -0.2) is 7.11 Å². The molecule has 4 heteroatoms. The van der Waals surface area contributed by atoms with Crippen molar-refractivity contribution in [1.29, 1.82) is 0 Å². The Labute approximate surface area is 129 Å². The van der Waals surface area contributed by atoms with Crippen molar-refractivity contribution in [3.05, 3.63) is 63.9 Å². The molecule has 1 nitrogen and oxygen atoms in total. The van der Waals surface area contributed by atoms with Gasteiger partial charge in [-0.3, -0.25) is 0 Å². The van der Waals surface area contributed by atoms with Gasteiger partial charge in [-0.1, -0.05) is 44.0 Å². The van der Waals surface area contributed by atoms with E-state index in [-0.39, 0.29) is 10.6 Å². The Morgan fingerprint density at radius 1 is 1.16 bits per heavy atom. The third kappa shape index (κ3) is 3.80. The molecule has 1 unspecified atom stereocenters. The molecule has 2 aromatic carbocycles. The summed E-state index contributed by atoms with van der Waals surface area (Å²) in [5.74, 6) is 0.610. The number of halogens is 3. The summed E-state index contributed by atoms with van der Waals surface area (Å²) < 4.78 is 19.1. The quantitative estimate of drug-likeness (QED) is 0.649. The Balaban J connectivity index is 2.19. The molecule has 19 heavy (non-hydrogen) atoms. The minimum absolute atomic E-state index is 0.141. The van der Waals surface area contributed by atoms with E-state index in [0.29, 0.717) is 0 Å². The van der Waals surface area contributed by atoms with E-state index in [1.54, 1.807) is 19.2 Å². The topological polar surface area (TPSA) is 9.23 Å². The van der Waals surface area contributed by atoms with Crippen LogP contribution in [0.3, 0.4) is 0 Å². The summed E-state index contributed by atoms with van der Waals surface area (Å²) in [5.41, 5.74) is 2.20. The van der Waals surface area contributed by atoms with Crippen LogP contribution in [0.5, 0.6) is 5.75 Å². The molecule has 0 aliphatic carbocycles. The summed E-state index contributed by atoms with van der Waals surface area (Å²) >= 11 is 7.22. The molecule has 0 saturated carbocycles. The minimum Gasteiger partial charge on any atom is -0.497 e. The lowest BCUT2D eigenvalue weighted by Gasteiger charge is -2.14. The fourth-order valence-electron chi connectivity index (χ4n) is 1.83. The average molecular weight is 388 g/mol. The van der Waals surface area contributed by atoms with Gasteiger partial charge in [0, 0.05) is 9.30 Å². The normalized spacial score (nSPS) is 12.2. The summed E-state index contributed by atoms with van der Waals surface area (Å²) in [6.07, 6.45) is 0.784. The van der Waals surface area contributed by atoms with Crippen LogP contribution in [0, 0.1) is 5.82 Å². The monoisotopic (exact) mass is 386 g/mol. The number of methoxy groups -OCH3 is 1. The molecule has 0 aliphatic heterocycles. The molecular weight excluding hydrogens is 375 g/mol. The van der Waals surface area contributed by atoms with Crippen molar-refractivity contribution in [2.45, 2.75) is 11.2 Å². The maximum absolute atomic E-state index is 12.9. The molecule has 1 atom stereocenters. The van der Waals surface area contributed by atoms with Crippen molar-refractivity contribution in [3.8, 4) is 5.75 Å². The Hall–Kier alpha value is -0.870. The highest BCUT2D eigenvalue weighted by atomic mass is 79.9. The number of hydrogen-bond acceptors (Lipinski definition) is 1. The van der Waals surface area contributed by atoms with Gasteiger partial charge in [-0.2, -0.15) is 0 Å². The minimum atomic E-state index is -0.211. The molecule has 2 rings (SSSR count). The van der Waals surface area contributed by atoms with Crippen molar-refractivity contribution in [1.82, 2.24) is 0 Å². The average Bonchev–Trinajstić information content (AvgIpc) is 2.42. The zero-order valence-corrected chi connectivity index (χ0v) is 13.5. The highest BCUT2D eigenvalue weighted by Gasteiger charge is 2.13. The summed E-state index contributed by atoms with van der Waals surface area (Å²) in [5, 5.41) is 0. The predicted molar refractivity (Wildman–Crippen MR) is 82.5 cm³/mol. The number of rotatable bonds is 4. The Kier molecular flexibility index (Phi) is 4.99. The van der Waals surface area contributed by atoms with Gasteiger partial charge in [-0.25, -0.2) is 4.39 Å². The van der Waals surface area contributed by atoms with E-state index in [0.717, 1.165) is 27.8 Å². The van der Waals surface area contributed by atoms with Crippen LogP contribution in [-0.2, 0) is 6.42 Å². The van der Waals surface area contributed by atoms with E-state index in [1.807, 2.05) is 18.2 Å². The van der Waals surface area contributed by atoms with Gasteiger partial charge in [0.1, 0.15) is 11.6 Å². The molecule has 100 valence electrons. The Morgan fingerprint density at radius 3 is 2.47 bits per heavy atom. The lowest BCUT2D eigenvalue weighted by molar-refractivity contribution is 0.414. The maximum atomic E-state index is 12.9. The summed E-state index contributed by atoms with van der Waals surface area (Å²) in [7, 11) is 1.65. The number of alkyl halides is 1. The fraction of sp³-hybridized carbons (Fsp3) is 0.200. The second kappa shape index (κ2) is 6.53. The van der Waals surface area contributed by atoms with E-state index in [9.17, 15) is 4.39 Å². The zero-order chi connectivity index (χ0) is 13.8. The molecule has 0 aliphatic rings. The van der Waals surface area contributed by atoms with Gasteiger partial charge in [0.05, 0.1) is 7.11 Å². The first kappa shape index (κ1) is 14.5. The molecule has 0 amide bonds. The van der Waals surface area contributed by atoms with Gasteiger partial charge in [-0.15, -0.1) is 0 Å². The maximum Gasteiger partial charge on any atom is 0.123 e. The fourth-order valence-corrected chi connectivity index (χ4v) is 3.41. The van der Waals surface area contributed by atoms with Crippen molar-refractivity contribution in [2.75, 3.05) is 7.11 Å². The number of hydrogen-bond donors (Lipinski definition) is 0. The van der Waals surface area contributed by atoms with Gasteiger partial charge in [0.2, 0.25) is 0 Å². The van der Waals surface area contributed by atoms with Gasteiger partial charge in [0.15, 0.2) is 0 Å². The van der Waals surface area contributed by atoms with Crippen molar-refractivity contribution >= 4 is 31.9 Å². The summed E-state index contributed by atoms with van der Waals surface area (Å²) in [6, 6.07) is 12.4. The van der Waals surface area contributed by atoms with E-state index < -0.39 is 0 Å². The Bertz CT molecular complexity index is 555. The standard InChI is InChI=1S/C15H13Br2FO/c1-19-12-6-7-14(16)13(9-12)15(17)8-10-2-4-11(18)5-3-10/h2-7,9,15H,8H2,1H3. The SMILES string of the molecule is COc1ccc(Br)c(C(Br)Cc2ccc(F)cc2)c1. The summed E-state index contributed by atoms with van der Waals surface area (Å²) in [6.45, 7) is 0. The van der Waals surface area contributed by atoms with Crippen LogP contribution < -0.4 is 4.74 Å². The highest BCUT2D eigenvalue weighted by molar-refractivity contribution is 9.11. The van der Waals surface area contributed by atoms with Crippen molar-refractivity contribution in [2.24, 2.45) is 0 Å². The van der Waals surface area contributed by atoms with Crippen LogP contribution in [0.4, 0.5) is 4.39 Å². The molecular formula is C15H13Br2FO. The lowest BCUT2D eigenvalue weighted by atomic mass is 10.0. The lowest BCUT2D eigenvalue weighted by Crippen LogP contribution is -1.97. The molecule has 0 fully saturated rings. The van der Waals surface area contributed by atoms with Crippen LogP contribution in [0.2, 0.25) is 0 Å². The van der Waals surface area contributed by atoms with Crippen molar-refractivity contribution in [3.63, 3.8) is 0 Å². The van der Waals surface area contributed by atoms with Gasteiger partial charge >= 0.3 is 0 Å². The molecule has 0 heterocycles. The molecule has 2 aromatic rings. The van der Waals surface area contributed by atoms with Crippen LogP contribution in [0.25, 0.3) is 0 Å². The molecule has 0 N–H and O–H groups in total. The summed E-state index contributed by atoms with van der Waals surface area (Å²) in [4.78, 5) is 0.141. The smallest absolute Gasteiger partial charge is 0.123 e. The van der Waals surface area contributed by atoms with Crippen LogP contribution in [0.15, 0.2) is 46.9 Å². The first-order valence-corrected chi connectivity index (χ1v) is 7.53.